The summed E-state index contributed by atoms with van der Waals surface area (Å²) in [6.07, 6.45) is 4.60. The van der Waals surface area contributed by atoms with Crippen molar-refractivity contribution in [3.8, 4) is 17.2 Å². The van der Waals surface area contributed by atoms with Gasteiger partial charge >= 0.3 is 0 Å². The zero-order valence-electron chi connectivity index (χ0n) is 25.8. The molecule has 228 valence electrons. The van der Waals surface area contributed by atoms with Crippen molar-refractivity contribution in [1.82, 2.24) is 9.80 Å². The standard InChI is InChI=1S/C34H46N2O6/c1-6-10-11-19-41-28-16-13-24(22-29(28)40-9-4)31-30(32(37)25-14-15-27-26(21-25)20-23(5)42-27)33(38)34(39)36(31)18-12-17-35(7-2)8-3/h13-16,21-23,31,37H,6-12,17-20H2,1-5H3/b32-30-. The van der Waals surface area contributed by atoms with Crippen molar-refractivity contribution in [2.45, 2.75) is 78.9 Å². The lowest BCUT2D eigenvalue weighted by molar-refractivity contribution is -0.140. The molecule has 2 atom stereocenters. The van der Waals surface area contributed by atoms with E-state index in [9.17, 15) is 14.7 Å². The number of aliphatic hydroxyl groups excluding tert-OH is 1. The van der Waals surface area contributed by atoms with Gasteiger partial charge in [-0.3, -0.25) is 9.59 Å². The van der Waals surface area contributed by atoms with Gasteiger partial charge in [-0.25, -0.2) is 0 Å². The number of carbonyl (C=O) groups is 2. The summed E-state index contributed by atoms with van der Waals surface area (Å²) in [7, 11) is 0. The molecule has 4 rings (SSSR count). The van der Waals surface area contributed by atoms with Crippen molar-refractivity contribution in [2.24, 2.45) is 0 Å². The number of hydrogen-bond acceptors (Lipinski definition) is 7. The molecule has 0 radical (unpaired) electrons. The fourth-order valence-electron chi connectivity index (χ4n) is 5.80. The zero-order valence-corrected chi connectivity index (χ0v) is 25.8. The summed E-state index contributed by atoms with van der Waals surface area (Å²) < 4.78 is 17.8. The maximum absolute atomic E-state index is 13.6. The summed E-state index contributed by atoms with van der Waals surface area (Å²) in [5.74, 6) is 0.514. The average Bonchev–Trinajstić information content (AvgIpc) is 3.48. The number of amides is 1. The molecule has 1 saturated heterocycles. The van der Waals surface area contributed by atoms with Gasteiger partial charge in [0.1, 0.15) is 17.6 Å². The van der Waals surface area contributed by atoms with E-state index in [1.54, 1.807) is 11.0 Å². The first kappa shape index (κ1) is 31.4. The second-order valence-electron chi connectivity index (χ2n) is 11.0. The van der Waals surface area contributed by atoms with Gasteiger partial charge in [-0.15, -0.1) is 0 Å². The summed E-state index contributed by atoms with van der Waals surface area (Å²) in [5, 5.41) is 11.6. The molecule has 0 bridgehead atoms. The predicted molar refractivity (Wildman–Crippen MR) is 164 cm³/mol. The molecule has 2 heterocycles. The lowest BCUT2D eigenvalue weighted by Gasteiger charge is -2.27. The van der Waals surface area contributed by atoms with Crippen LogP contribution in [0, 0.1) is 0 Å². The molecule has 8 heteroatoms. The SMILES string of the molecule is CCCCCOc1ccc(C2/C(=C(/O)c3ccc4c(c3)CC(C)O4)C(=O)C(=O)N2CCCN(CC)CC)cc1OCC. The second-order valence-corrected chi connectivity index (χ2v) is 11.0. The van der Waals surface area contributed by atoms with E-state index >= 15 is 0 Å². The van der Waals surface area contributed by atoms with Gasteiger partial charge < -0.3 is 29.1 Å². The fraction of sp³-hybridized carbons (Fsp3) is 0.529. The molecule has 1 fully saturated rings. The Labute approximate surface area is 250 Å². The molecule has 42 heavy (non-hydrogen) atoms. The van der Waals surface area contributed by atoms with E-state index in [2.05, 4.69) is 25.7 Å². The summed E-state index contributed by atoms with van der Waals surface area (Å²) in [6, 6.07) is 10.2. The first-order valence-electron chi connectivity index (χ1n) is 15.5. The number of aliphatic hydroxyl groups is 1. The molecule has 0 saturated carbocycles. The number of benzene rings is 2. The van der Waals surface area contributed by atoms with E-state index in [0.29, 0.717) is 48.8 Å². The van der Waals surface area contributed by atoms with Crippen LogP contribution in [0.4, 0.5) is 0 Å². The molecule has 0 spiro atoms. The lowest BCUT2D eigenvalue weighted by atomic mass is 9.94. The third-order valence-electron chi connectivity index (χ3n) is 8.07. The molecule has 0 aromatic heterocycles. The van der Waals surface area contributed by atoms with Gasteiger partial charge in [-0.2, -0.15) is 0 Å². The highest BCUT2D eigenvalue weighted by Gasteiger charge is 2.46. The normalized spacial score (nSPS) is 19.3. The highest BCUT2D eigenvalue weighted by molar-refractivity contribution is 6.46. The monoisotopic (exact) mass is 578 g/mol. The van der Waals surface area contributed by atoms with Gasteiger partial charge in [-0.05, 0) is 87.8 Å². The van der Waals surface area contributed by atoms with Crippen molar-refractivity contribution < 1.29 is 28.9 Å². The molecule has 2 aromatic rings. The largest absolute Gasteiger partial charge is 0.507 e. The Morgan fingerprint density at radius 2 is 1.79 bits per heavy atom. The number of unbranched alkanes of at least 4 members (excludes halogenated alkanes) is 2. The highest BCUT2D eigenvalue weighted by atomic mass is 16.5. The molecule has 2 aromatic carbocycles. The third kappa shape index (κ3) is 6.92. The van der Waals surface area contributed by atoms with Crippen LogP contribution >= 0.6 is 0 Å². The highest BCUT2D eigenvalue weighted by Crippen LogP contribution is 2.43. The smallest absolute Gasteiger partial charge is 0.295 e. The van der Waals surface area contributed by atoms with Crippen LogP contribution in [0.5, 0.6) is 17.2 Å². The lowest BCUT2D eigenvalue weighted by Crippen LogP contribution is -2.33. The molecule has 2 aliphatic heterocycles. The van der Waals surface area contributed by atoms with Gasteiger partial charge in [0.05, 0.1) is 24.8 Å². The van der Waals surface area contributed by atoms with E-state index < -0.39 is 17.7 Å². The van der Waals surface area contributed by atoms with E-state index in [0.717, 1.165) is 56.6 Å². The first-order chi connectivity index (χ1) is 20.3. The number of ether oxygens (including phenoxy) is 3. The van der Waals surface area contributed by atoms with Crippen LogP contribution in [0.2, 0.25) is 0 Å². The number of ketones is 1. The Balaban J connectivity index is 1.74. The maximum Gasteiger partial charge on any atom is 0.295 e. The van der Waals surface area contributed by atoms with Crippen molar-refractivity contribution in [3.05, 3.63) is 58.7 Å². The molecule has 1 N–H and O–H groups in total. The fourth-order valence-corrected chi connectivity index (χ4v) is 5.80. The van der Waals surface area contributed by atoms with E-state index in [1.807, 2.05) is 44.2 Å². The van der Waals surface area contributed by atoms with E-state index in [1.165, 1.54) is 0 Å². The Bertz CT molecular complexity index is 1280. The number of fused-ring (bicyclic) bond motifs is 1. The molecule has 2 aliphatic rings. The quantitative estimate of drug-likeness (QED) is 0.118. The Morgan fingerprint density at radius 3 is 2.50 bits per heavy atom. The number of hydrogen-bond donors (Lipinski definition) is 1. The molecule has 1 amide bonds. The van der Waals surface area contributed by atoms with Crippen LogP contribution in [0.25, 0.3) is 5.76 Å². The molecule has 0 aliphatic carbocycles. The topological polar surface area (TPSA) is 88.5 Å². The maximum atomic E-state index is 13.6. The van der Waals surface area contributed by atoms with Gasteiger partial charge in [-0.1, -0.05) is 39.7 Å². The number of carbonyl (C=O) groups excluding carboxylic acids is 2. The van der Waals surface area contributed by atoms with Crippen LogP contribution in [0.3, 0.4) is 0 Å². The second kappa shape index (κ2) is 14.6. The Morgan fingerprint density at radius 1 is 1.00 bits per heavy atom. The molecule has 8 nitrogen and oxygen atoms in total. The van der Waals surface area contributed by atoms with Crippen LogP contribution in [0.1, 0.15) is 83.0 Å². The first-order valence-corrected chi connectivity index (χ1v) is 15.5. The van der Waals surface area contributed by atoms with Crippen molar-refractivity contribution in [1.29, 1.82) is 0 Å². The van der Waals surface area contributed by atoms with E-state index in [-0.39, 0.29) is 17.4 Å². The van der Waals surface area contributed by atoms with Gasteiger partial charge in [0.2, 0.25) is 0 Å². The summed E-state index contributed by atoms with van der Waals surface area (Å²) in [4.78, 5) is 31.0. The van der Waals surface area contributed by atoms with Crippen molar-refractivity contribution in [2.75, 3.05) is 39.4 Å². The zero-order chi connectivity index (χ0) is 30.2. The molecule has 2 unspecified atom stereocenters. The van der Waals surface area contributed by atoms with Crippen LogP contribution in [-0.2, 0) is 16.0 Å². The van der Waals surface area contributed by atoms with Gasteiger partial charge in [0.25, 0.3) is 11.7 Å². The van der Waals surface area contributed by atoms with Gasteiger partial charge in [0, 0.05) is 18.5 Å². The minimum absolute atomic E-state index is 0.0495. The van der Waals surface area contributed by atoms with E-state index in [4.69, 9.17) is 14.2 Å². The van der Waals surface area contributed by atoms with Crippen molar-refractivity contribution in [3.63, 3.8) is 0 Å². The number of Topliss-reactive ketones (excluding diaryl/α,β-unsaturated/α-hetero) is 1. The summed E-state index contributed by atoms with van der Waals surface area (Å²) >= 11 is 0. The average molecular weight is 579 g/mol. The summed E-state index contributed by atoms with van der Waals surface area (Å²) in [6.45, 7) is 14.3. The predicted octanol–water partition coefficient (Wildman–Crippen LogP) is 6.13. The van der Waals surface area contributed by atoms with Gasteiger partial charge in [0.15, 0.2) is 11.5 Å². The Hall–Kier alpha value is -3.52. The summed E-state index contributed by atoms with van der Waals surface area (Å²) in [5.41, 5.74) is 2.26. The van der Waals surface area contributed by atoms with Crippen LogP contribution in [-0.4, -0.2) is 72.1 Å². The minimum atomic E-state index is -0.751. The Kier molecular flexibility index (Phi) is 10.9. The van der Waals surface area contributed by atoms with Crippen LogP contribution in [0.15, 0.2) is 42.0 Å². The third-order valence-corrected chi connectivity index (χ3v) is 8.07. The molecular formula is C34H46N2O6. The molecular weight excluding hydrogens is 532 g/mol. The number of likely N-dealkylation sites (tertiary alicyclic amines) is 1. The van der Waals surface area contributed by atoms with Crippen molar-refractivity contribution >= 4 is 17.4 Å². The number of nitrogens with zero attached hydrogens (tertiary/aromatic N) is 2. The number of rotatable bonds is 15. The minimum Gasteiger partial charge on any atom is -0.507 e. The van der Waals surface area contributed by atoms with Crippen LogP contribution < -0.4 is 14.2 Å².